The van der Waals surface area contributed by atoms with E-state index in [1.54, 1.807) is 0 Å². The minimum atomic E-state index is -1.27. The number of aliphatic carboxylic acids is 3. The van der Waals surface area contributed by atoms with Gasteiger partial charge < -0.3 is 31.7 Å². The van der Waals surface area contributed by atoms with Gasteiger partial charge in [0, 0.05) is 30.8 Å². The van der Waals surface area contributed by atoms with Crippen LogP contribution in [0.15, 0.2) is 0 Å². The molecule has 0 saturated carbocycles. The number of ketones is 1. The Hall–Kier alpha value is -2.67. The van der Waals surface area contributed by atoms with Crippen molar-refractivity contribution in [1.82, 2.24) is 10.6 Å². The summed E-state index contributed by atoms with van der Waals surface area (Å²) in [4.78, 5) is 70.5. The molecule has 0 radical (unpaired) electrons. The maximum Gasteiger partial charge on any atom is 0.326 e. The predicted molar refractivity (Wildman–Crippen MR) is 157 cm³/mol. The molecule has 0 unspecified atom stereocenters. The zero-order valence-corrected chi connectivity index (χ0v) is 25.1. The van der Waals surface area contributed by atoms with Gasteiger partial charge in [0.25, 0.3) is 0 Å². The van der Waals surface area contributed by atoms with Crippen LogP contribution in [0.5, 0.6) is 0 Å². The molecule has 2 amide bonds. The van der Waals surface area contributed by atoms with Gasteiger partial charge in [-0.15, -0.1) is 0 Å². The van der Waals surface area contributed by atoms with Crippen LogP contribution < -0.4 is 16.4 Å². The molecule has 0 fully saturated rings. The first-order chi connectivity index (χ1) is 19.5. The smallest absolute Gasteiger partial charge is 0.326 e. The monoisotopic (exact) mass is 603 g/mol. The van der Waals surface area contributed by atoms with Crippen LogP contribution in [0.25, 0.3) is 0 Å². The van der Waals surface area contributed by atoms with Crippen LogP contribution in [0, 0.1) is 5.92 Å². The molecule has 0 rings (SSSR count). The molecule has 0 aromatic carbocycles. The summed E-state index contributed by atoms with van der Waals surface area (Å²) in [6, 6.07) is -2.41. The summed E-state index contributed by atoms with van der Waals surface area (Å²) in [5, 5.41) is 31.8. The van der Waals surface area contributed by atoms with Gasteiger partial charge in [0.05, 0.1) is 5.92 Å². The van der Waals surface area contributed by atoms with Crippen molar-refractivity contribution < 1.29 is 44.1 Å². The third-order valence-corrected chi connectivity index (χ3v) is 7.78. The first-order valence-electron chi connectivity index (χ1n) is 14.6. The van der Waals surface area contributed by atoms with Crippen molar-refractivity contribution in [3.63, 3.8) is 0 Å². The summed E-state index contributed by atoms with van der Waals surface area (Å²) in [6.45, 7) is 1.56. The molecule has 0 saturated heterocycles. The van der Waals surface area contributed by atoms with Crippen molar-refractivity contribution >= 4 is 47.3 Å². The number of unbranched alkanes of at least 4 members (excludes halogenated alkanes) is 10. The highest BCUT2D eigenvalue weighted by molar-refractivity contribution is 7.99. The van der Waals surface area contributed by atoms with E-state index in [0.29, 0.717) is 6.42 Å². The topological polar surface area (TPSA) is 213 Å². The Labute approximate surface area is 247 Å². The van der Waals surface area contributed by atoms with Crippen molar-refractivity contribution in [1.29, 1.82) is 0 Å². The first-order valence-corrected chi connectivity index (χ1v) is 15.7. The molecule has 7 N–H and O–H groups in total. The number of thioether (sulfide) groups is 1. The highest BCUT2D eigenvalue weighted by Crippen LogP contribution is 2.17. The Morgan fingerprint density at radius 2 is 1.32 bits per heavy atom. The van der Waals surface area contributed by atoms with Crippen LogP contribution in [-0.4, -0.2) is 81.0 Å². The van der Waals surface area contributed by atoms with Crippen LogP contribution in [-0.2, 0) is 28.8 Å². The summed E-state index contributed by atoms with van der Waals surface area (Å²) in [5.74, 6) is -6.21. The third kappa shape index (κ3) is 21.7. The van der Waals surface area contributed by atoms with E-state index < -0.39 is 60.1 Å². The second kappa shape index (κ2) is 24.0. The Morgan fingerprint density at radius 1 is 0.756 bits per heavy atom. The zero-order chi connectivity index (χ0) is 31.0. The number of carbonyl (C=O) groups is 6. The molecule has 0 spiro atoms. The first kappa shape index (κ1) is 38.3. The molecule has 236 valence electrons. The number of rotatable bonds is 27. The number of nitrogens with two attached hydrogens (primary N) is 1. The van der Waals surface area contributed by atoms with Gasteiger partial charge in [-0.1, -0.05) is 71.1 Å². The number of carboxylic acids is 3. The lowest BCUT2D eigenvalue weighted by molar-refractivity contribution is -0.142. The summed E-state index contributed by atoms with van der Waals surface area (Å²) in [6.07, 6.45) is 12.0. The van der Waals surface area contributed by atoms with E-state index >= 15 is 0 Å². The highest BCUT2D eigenvalue weighted by Gasteiger charge is 2.26. The van der Waals surface area contributed by atoms with Crippen LogP contribution >= 0.6 is 11.8 Å². The van der Waals surface area contributed by atoms with Gasteiger partial charge >= 0.3 is 17.9 Å². The average Bonchev–Trinajstić information content (AvgIpc) is 2.91. The number of carbonyl (C=O) groups excluding carboxylic acids is 3. The molecule has 0 aliphatic rings. The molecule has 0 aliphatic carbocycles. The van der Waals surface area contributed by atoms with Crippen molar-refractivity contribution in [3.05, 3.63) is 0 Å². The minimum absolute atomic E-state index is 0.0154. The quantitative estimate of drug-likeness (QED) is 0.0751. The van der Waals surface area contributed by atoms with Crippen molar-refractivity contribution in [2.24, 2.45) is 11.7 Å². The fraction of sp³-hybridized carbons (Fsp3) is 0.786. The molecular weight excluding hydrogens is 554 g/mol. The third-order valence-electron chi connectivity index (χ3n) is 6.54. The van der Waals surface area contributed by atoms with E-state index in [1.807, 2.05) is 0 Å². The van der Waals surface area contributed by atoms with Gasteiger partial charge in [-0.3, -0.25) is 24.0 Å². The molecule has 0 heterocycles. The Kier molecular flexibility index (Phi) is 22.4. The Balaban J connectivity index is 4.51. The van der Waals surface area contributed by atoms with Crippen molar-refractivity contribution in [2.45, 2.75) is 115 Å². The van der Waals surface area contributed by atoms with Gasteiger partial charge in [0.1, 0.15) is 24.4 Å². The molecule has 0 aromatic rings. The van der Waals surface area contributed by atoms with Gasteiger partial charge in [-0.2, -0.15) is 11.8 Å². The fourth-order valence-electron chi connectivity index (χ4n) is 4.10. The van der Waals surface area contributed by atoms with Gasteiger partial charge in [0.15, 0.2) is 0 Å². The number of hydrogen-bond acceptors (Lipinski definition) is 8. The average molecular weight is 604 g/mol. The largest absolute Gasteiger partial charge is 0.480 e. The fourth-order valence-corrected chi connectivity index (χ4v) is 5.19. The summed E-state index contributed by atoms with van der Waals surface area (Å²) >= 11 is 1.04. The van der Waals surface area contributed by atoms with E-state index in [2.05, 4.69) is 17.6 Å². The lowest BCUT2D eigenvalue weighted by atomic mass is 9.99. The molecule has 0 bridgehead atoms. The molecule has 41 heavy (non-hydrogen) atoms. The Bertz CT molecular complexity index is 826. The molecular formula is C28H49N3O9S. The van der Waals surface area contributed by atoms with Gasteiger partial charge in [-0.05, 0) is 12.8 Å². The van der Waals surface area contributed by atoms with E-state index in [1.165, 1.54) is 44.9 Å². The van der Waals surface area contributed by atoms with E-state index in [-0.39, 0.29) is 37.2 Å². The van der Waals surface area contributed by atoms with Crippen molar-refractivity contribution in [3.8, 4) is 0 Å². The maximum atomic E-state index is 12.6. The molecule has 3 atom stereocenters. The SMILES string of the molecule is CCCCCCCCCCCCCC(=O)N[C@H](CCC(=O)C[C@H](CSC[C@H](N)C(=O)O)C(=O)NCC(=O)O)C(=O)O. The molecule has 0 aliphatic heterocycles. The second-order valence-electron chi connectivity index (χ2n) is 10.3. The number of nitrogens with one attached hydrogen (secondary N) is 2. The number of amides is 2. The van der Waals surface area contributed by atoms with Crippen LogP contribution in [0.1, 0.15) is 103 Å². The van der Waals surface area contributed by atoms with Crippen LogP contribution in [0.4, 0.5) is 0 Å². The van der Waals surface area contributed by atoms with Crippen molar-refractivity contribution in [2.75, 3.05) is 18.1 Å². The summed E-state index contributed by atoms with van der Waals surface area (Å²) in [7, 11) is 0. The second-order valence-corrected chi connectivity index (χ2v) is 11.4. The summed E-state index contributed by atoms with van der Waals surface area (Å²) in [5.41, 5.74) is 5.45. The van der Waals surface area contributed by atoms with E-state index in [0.717, 1.165) is 31.0 Å². The zero-order valence-electron chi connectivity index (χ0n) is 24.2. The Morgan fingerprint density at radius 3 is 1.83 bits per heavy atom. The summed E-state index contributed by atoms with van der Waals surface area (Å²) < 4.78 is 0. The number of carboxylic acid groups (broad SMARTS) is 3. The van der Waals surface area contributed by atoms with E-state index in [4.69, 9.17) is 15.9 Å². The number of hydrogen-bond donors (Lipinski definition) is 6. The number of Topliss-reactive ketones (excluding diaryl/α,β-unsaturated/α-hetero) is 1. The molecule has 12 nitrogen and oxygen atoms in total. The molecule has 13 heteroatoms. The standard InChI is InChI=1S/C28H49N3O9S/c1-2-3-4-5-6-7-8-9-10-11-12-13-24(33)31-23(28(39)40)15-14-21(32)16-20(26(36)30-17-25(34)35)18-41-19-22(29)27(37)38/h20,22-23H,2-19,29H2,1H3,(H,30,36)(H,31,33)(H,34,35)(H,37,38)(H,39,40)/t20-,22+,23-/m1/s1. The normalized spacial score (nSPS) is 13.1. The lowest BCUT2D eigenvalue weighted by Gasteiger charge is -2.17. The highest BCUT2D eigenvalue weighted by atomic mass is 32.2. The van der Waals surface area contributed by atoms with E-state index in [9.17, 15) is 33.9 Å². The predicted octanol–water partition coefficient (Wildman–Crippen LogP) is 2.96. The minimum Gasteiger partial charge on any atom is -0.480 e. The van der Waals surface area contributed by atoms with Crippen LogP contribution in [0.3, 0.4) is 0 Å². The van der Waals surface area contributed by atoms with Gasteiger partial charge in [-0.25, -0.2) is 4.79 Å². The van der Waals surface area contributed by atoms with Gasteiger partial charge in [0.2, 0.25) is 11.8 Å². The lowest BCUT2D eigenvalue weighted by Crippen LogP contribution is -2.41. The molecule has 0 aromatic heterocycles. The maximum absolute atomic E-state index is 12.6. The van der Waals surface area contributed by atoms with Crippen LogP contribution in [0.2, 0.25) is 0 Å².